The van der Waals surface area contributed by atoms with E-state index in [-0.39, 0.29) is 24.4 Å². The van der Waals surface area contributed by atoms with Crippen molar-refractivity contribution in [3.05, 3.63) is 110 Å². The molecular weight excluding hydrogens is 464 g/mol. The number of ether oxygens (including phenoxy) is 4. The van der Waals surface area contributed by atoms with Gasteiger partial charge >= 0.3 is 5.97 Å². The Labute approximate surface area is 218 Å². The largest absolute Gasteiger partial charge is 0.484 e. The molecule has 0 radical (unpaired) electrons. The van der Waals surface area contributed by atoms with Crippen LogP contribution in [0.25, 0.3) is 0 Å². The Morgan fingerprint density at radius 1 is 0.757 bits per heavy atom. The van der Waals surface area contributed by atoms with E-state index in [4.69, 9.17) is 18.9 Å². The second kappa shape index (κ2) is 8.57. The van der Waals surface area contributed by atoms with Crippen LogP contribution >= 0.6 is 0 Å². The summed E-state index contributed by atoms with van der Waals surface area (Å²) < 4.78 is 26.0. The molecule has 0 unspecified atom stereocenters. The zero-order valence-corrected chi connectivity index (χ0v) is 22.2. The van der Waals surface area contributed by atoms with Crippen molar-refractivity contribution >= 4 is 5.78 Å². The van der Waals surface area contributed by atoms with Crippen LogP contribution in [0.5, 0.6) is 5.75 Å². The maximum absolute atomic E-state index is 13.2. The van der Waals surface area contributed by atoms with Gasteiger partial charge in [-0.1, -0.05) is 47.5 Å². The minimum Gasteiger partial charge on any atom is -0.484 e. The van der Waals surface area contributed by atoms with Crippen molar-refractivity contribution in [3.63, 3.8) is 0 Å². The monoisotopic (exact) mass is 496 g/mol. The van der Waals surface area contributed by atoms with E-state index >= 15 is 0 Å². The first kappa shape index (κ1) is 24.0. The van der Waals surface area contributed by atoms with Gasteiger partial charge < -0.3 is 18.9 Å². The highest BCUT2D eigenvalue weighted by atomic mass is 16.9. The fourth-order valence-electron chi connectivity index (χ4n) is 6.38. The molecule has 5 nitrogen and oxygen atoms in total. The number of aryl methyl sites for hydroxylation is 6. The fraction of sp³-hybridized carbons (Fsp3) is 0.344. The molecule has 3 aromatic rings. The van der Waals surface area contributed by atoms with Crippen LogP contribution in [-0.4, -0.2) is 17.9 Å². The smallest absolute Gasteiger partial charge is 0.331 e. The summed E-state index contributed by atoms with van der Waals surface area (Å²) in [5.74, 6) is -0.875. The first-order valence-corrected chi connectivity index (χ1v) is 12.9. The predicted octanol–water partition coefficient (Wildman–Crippen LogP) is 6.97. The van der Waals surface area contributed by atoms with Crippen LogP contribution in [0.15, 0.2) is 60.4 Å². The standard InChI is InChI=1S/C32H32O5/c1-17-11-19(3)27(20(4)12-17)30-31(28-21(5)13-18(2)14-22(28)6)37-32(36-30)15-26-24(16-34-32)29(33)23-9-7-8-10-25(23)35-26/h7-14,16,26,30-31H,15H2,1-6H3/t26-,30-,31-/m0/s1. The van der Waals surface area contributed by atoms with Gasteiger partial charge in [-0.15, -0.1) is 0 Å². The van der Waals surface area contributed by atoms with Crippen molar-refractivity contribution < 1.29 is 23.7 Å². The van der Waals surface area contributed by atoms with Crippen LogP contribution in [-0.2, 0) is 14.2 Å². The Bertz CT molecular complexity index is 1350. The van der Waals surface area contributed by atoms with Crippen molar-refractivity contribution in [3.8, 4) is 5.75 Å². The highest BCUT2D eigenvalue weighted by molar-refractivity contribution is 6.12. The average Bonchev–Trinajstić information content (AvgIpc) is 3.15. The van der Waals surface area contributed by atoms with Gasteiger partial charge in [-0.2, -0.15) is 0 Å². The third-order valence-corrected chi connectivity index (χ3v) is 7.74. The molecule has 5 heteroatoms. The number of rotatable bonds is 2. The number of carbonyl (C=O) groups is 1. The number of para-hydroxylation sites is 1. The molecule has 3 aliphatic heterocycles. The lowest BCUT2D eigenvalue weighted by molar-refractivity contribution is -0.334. The number of ketones is 1. The third kappa shape index (κ3) is 3.89. The summed E-state index contributed by atoms with van der Waals surface area (Å²) >= 11 is 0. The quantitative estimate of drug-likeness (QED) is 0.384. The van der Waals surface area contributed by atoms with Crippen molar-refractivity contribution in [1.82, 2.24) is 0 Å². The molecule has 1 fully saturated rings. The van der Waals surface area contributed by atoms with Crippen LogP contribution in [0.2, 0.25) is 0 Å². The maximum Gasteiger partial charge on any atom is 0.331 e. The summed E-state index contributed by atoms with van der Waals surface area (Å²) in [7, 11) is 0. The van der Waals surface area contributed by atoms with Crippen LogP contribution in [0.1, 0.15) is 73.5 Å². The molecule has 3 heterocycles. The van der Waals surface area contributed by atoms with Gasteiger partial charge in [-0.25, -0.2) is 0 Å². The second-order valence-electron chi connectivity index (χ2n) is 10.7. The first-order chi connectivity index (χ1) is 17.7. The van der Waals surface area contributed by atoms with Gasteiger partial charge in [0.1, 0.15) is 30.3 Å². The van der Waals surface area contributed by atoms with E-state index < -0.39 is 12.1 Å². The maximum atomic E-state index is 13.2. The lowest BCUT2D eigenvalue weighted by atomic mass is 9.87. The summed E-state index contributed by atoms with van der Waals surface area (Å²) in [6, 6.07) is 16.0. The molecule has 0 saturated carbocycles. The summed E-state index contributed by atoms with van der Waals surface area (Å²) in [5.41, 5.74) is 10.3. The van der Waals surface area contributed by atoms with Crippen LogP contribution in [0.3, 0.4) is 0 Å². The van der Waals surface area contributed by atoms with Gasteiger partial charge in [-0.3, -0.25) is 4.79 Å². The minimum atomic E-state index is -1.37. The van der Waals surface area contributed by atoms with E-state index in [1.165, 1.54) is 17.4 Å². The summed E-state index contributed by atoms with van der Waals surface area (Å²) in [6.07, 6.45) is 0.440. The molecule has 0 aromatic heterocycles. The molecule has 0 aliphatic carbocycles. The Hall–Kier alpha value is -3.41. The molecule has 190 valence electrons. The minimum absolute atomic E-state index is 0.0803. The van der Waals surface area contributed by atoms with Gasteiger partial charge in [-0.05, 0) is 87.1 Å². The number of fused-ring (bicyclic) bond motifs is 2. The zero-order chi connectivity index (χ0) is 26.1. The molecular formula is C32H32O5. The first-order valence-electron chi connectivity index (χ1n) is 12.9. The Kier molecular flexibility index (Phi) is 5.55. The molecule has 6 rings (SSSR count). The highest BCUT2D eigenvalue weighted by Gasteiger charge is 2.56. The number of carbonyl (C=O) groups excluding carboxylic acids is 1. The van der Waals surface area contributed by atoms with E-state index in [0.717, 1.165) is 33.4 Å². The Balaban J connectivity index is 1.44. The molecule has 1 spiro atoms. The Morgan fingerprint density at radius 3 is 1.81 bits per heavy atom. The molecule has 3 aliphatic rings. The third-order valence-electron chi connectivity index (χ3n) is 7.74. The summed E-state index contributed by atoms with van der Waals surface area (Å²) in [4.78, 5) is 13.2. The second-order valence-corrected chi connectivity index (χ2v) is 10.7. The van der Waals surface area contributed by atoms with Crippen molar-refractivity contribution in [1.29, 1.82) is 0 Å². The average molecular weight is 497 g/mol. The van der Waals surface area contributed by atoms with Crippen molar-refractivity contribution in [2.75, 3.05) is 0 Å². The molecule has 0 N–H and O–H groups in total. The van der Waals surface area contributed by atoms with Crippen molar-refractivity contribution in [2.45, 2.75) is 72.2 Å². The molecule has 37 heavy (non-hydrogen) atoms. The van der Waals surface area contributed by atoms with E-state index in [1.807, 2.05) is 18.2 Å². The van der Waals surface area contributed by atoms with Gasteiger partial charge in [0.2, 0.25) is 0 Å². The molecule has 0 bridgehead atoms. The molecule has 1 saturated heterocycles. The van der Waals surface area contributed by atoms with Gasteiger partial charge in [0.05, 0.1) is 17.6 Å². The summed E-state index contributed by atoms with van der Waals surface area (Å²) in [6.45, 7) is 12.7. The van der Waals surface area contributed by atoms with Gasteiger partial charge in [0, 0.05) is 0 Å². The fourth-order valence-corrected chi connectivity index (χ4v) is 6.38. The number of hydrogen-bond donors (Lipinski definition) is 0. The predicted molar refractivity (Wildman–Crippen MR) is 141 cm³/mol. The normalized spacial score (nSPS) is 23.7. The van der Waals surface area contributed by atoms with Crippen molar-refractivity contribution in [2.24, 2.45) is 0 Å². The van der Waals surface area contributed by atoms with Crippen LogP contribution in [0.4, 0.5) is 0 Å². The SMILES string of the molecule is Cc1cc(C)c([C@@H]2OC3(C[C@@H]4Oc5ccccc5C(=O)C4=CO3)O[C@H]2c2c(C)cc(C)cc2C)c(C)c1. The summed E-state index contributed by atoms with van der Waals surface area (Å²) in [5, 5.41) is 0. The Morgan fingerprint density at radius 2 is 1.27 bits per heavy atom. The molecule has 0 amide bonds. The topological polar surface area (TPSA) is 54.0 Å². The number of benzene rings is 3. The molecule has 3 atom stereocenters. The zero-order valence-electron chi connectivity index (χ0n) is 22.2. The number of Topliss-reactive ketones (excluding diaryl/α,β-unsaturated/α-hetero) is 1. The van der Waals surface area contributed by atoms with Crippen LogP contribution < -0.4 is 4.74 Å². The lowest BCUT2D eigenvalue weighted by Crippen LogP contribution is -2.45. The number of hydrogen-bond acceptors (Lipinski definition) is 5. The van der Waals surface area contributed by atoms with E-state index in [1.54, 1.807) is 6.07 Å². The van der Waals surface area contributed by atoms with Crippen LogP contribution in [0, 0.1) is 41.5 Å². The van der Waals surface area contributed by atoms with E-state index in [9.17, 15) is 4.79 Å². The van der Waals surface area contributed by atoms with Gasteiger partial charge in [0.25, 0.3) is 0 Å². The van der Waals surface area contributed by atoms with E-state index in [2.05, 4.69) is 65.8 Å². The van der Waals surface area contributed by atoms with E-state index in [0.29, 0.717) is 16.9 Å². The lowest BCUT2D eigenvalue weighted by Gasteiger charge is -2.37. The van der Waals surface area contributed by atoms with Gasteiger partial charge in [0.15, 0.2) is 5.78 Å². The molecule has 3 aromatic carbocycles. The highest BCUT2D eigenvalue weighted by Crippen LogP contribution is 2.54.